The van der Waals surface area contributed by atoms with Crippen LogP contribution in [0.5, 0.6) is 0 Å². The molecular formula is C11H20N4O2S. The Balaban J connectivity index is 2.79. The van der Waals surface area contributed by atoms with Gasteiger partial charge in [-0.3, -0.25) is 0 Å². The van der Waals surface area contributed by atoms with Crippen molar-refractivity contribution >= 4 is 16.0 Å². The zero-order chi connectivity index (χ0) is 13.8. The van der Waals surface area contributed by atoms with E-state index in [-0.39, 0.29) is 10.3 Å². The van der Waals surface area contributed by atoms with Crippen LogP contribution in [0, 0.1) is 5.41 Å². The second-order valence-corrected chi connectivity index (χ2v) is 6.92. The van der Waals surface area contributed by atoms with E-state index in [9.17, 15) is 8.42 Å². The predicted molar refractivity (Wildman–Crippen MR) is 70.8 cm³/mol. The molecule has 0 atom stereocenters. The van der Waals surface area contributed by atoms with E-state index in [4.69, 9.17) is 0 Å². The lowest BCUT2D eigenvalue weighted by Gasteiger charge is -2.18. The third kappa shape index (κ3) is 4.58. The van der Waals surface area contributed by atoms with Crippen LogP contribution < -0.4 is 10.0 Å². The van der Waals surface area contributed by atoms with Gasteiger partial charge in [-0.25, -0.2) is 23.1 Å². The van der Waals surface area contributed by atoms with Gasteiger partial charge in [-0.1, -0.05) is 20.8 Å². The Labute approximate surface area is 108 Å². The summed E-state index contributed by atoms with van der Waals surface area (Å²) in [5.41, 5.74) is -0.113. The average molecular weight is 272 g/mol. The first-order chi connectivity index (χ1) is 8.24. The van der Waals surface area contributed by atoms with Gasteiger partial charge in [-0.15, -0.1) is 0 Å². The highest BCUT2D eigenvalue weighted by Crippen LogP contribution is 2.13. The number of nitrogens with zero attached hydrogens (tertiary/aromatic N) is 2. The second-order valence-electron chi connectivity index (χ2n) is 5.16. The van der Waals surface area contributed by atoms with Gasteiger partial charge in [0, 0.05) is 13.1 Å². The molecule has 1 aromatic rings. The Bertz CT molecular complexity index is 477. The zero-order valence-corrected chi connectivity index (χ0v) is 12.0. The molecule has 0 amide bonds. The summed E-state index contributed by atoms with van der Waals surface area (Å²) in [4.78, 5) is 7.95. The fourth-order valence-corrected chi connectivity index (χ4v) is 2.27. The molecule has 6 nitrogen and oxygen atoms in total. The molecule has 0 aromatic carbocycles. The van der Waals surface area contributed by atoms with E-state index >= 15 is 0 Å². The summed E-state index contributed by atoms with van der Waals surface area (Å²) in [6.07, 6.45) is 2.60. The van der Waals surface area contributed by atoms with Gasteiger partial charge in [0.1, 0.15) is 4.90 Å². The van der Waals surface area contributed by atoms with Gasteiger partial charge in [0.05, 0.1) is 12.4 Å². The summed E-state index contributed by atoms with van der Waals surface area (Å²) in [6.45, 7) is 8.85. The number of aromatic nitrogens is 2. The summed E-state index contributed by atoms with van der Waals surface area (Å²) in [6, 6.07) is 0. The van der Waals surface area contributed by atoms with Crippen molar-refractivity contribution in [1.82, 2.24) is 14.7 Å². The van der Waals surface area contributed by atoms with Crippen LogP contribution in [0.1, 0.15) is 27.7 Å². The standard InChI is InChI=1S/C11H20N4O2S/c1-5-12-10-13-6-9(7-14-10)18(16,17)15-8-11(2,3)4/h6-7,15H,5,8H2,1-4H3,(H,12,13,14). The molecule has 0 aliphatic rings. The van der Waals surface area contributed by atoms with Gasteiger partial charge in [-0.2, -0.15) is 0 Å². The maximum absolute atomic E-state index is 11.9. The van der Waals surface area contributed by atoms with Crippen LogP contribution in [0.15, 0.2) is 17.3 Å². The van der Waals surface area contributed by atoms with Crippen LogP contribution in [0.3, 0.4) is 0 Å². The molecular weight excluding hydrogens is 252 g/mol. The number of sulfonamides is 1. The minimum Gasteiger partial charge on any atom is -0.355 e. The lowest BCUT2D eigenvalue weighted by atomic mass is 9.98. The molecule has 7 heteroatoms. The Morgan fingerprint density at radius 1 is 1.22 bits per heavy atom. The number of hydrogen-bond donors (Lipinski definition) is 2. The number of rotatable bonds is 5. The van der Waals surface area contributed by atoms with Crippen LogP contribution in [-0.4, -0.2) is 31.5 Å². The quantitative estimate of drug-likeness (QED) is 0.842. The minimum absolute atomic E-state index is 0.0772. The molecule has 0 spiro atoms. The Morgan fingerprint density at radius 3 is 2.22 bits per heavy atom. The molecule has 102 valence electrons. The number of hydrogen-bond acceptors (Lipinski definition) is 5. The van der Waals surface area contributed by atoms with Crippen molar-refractivity contribution in [1.29, 1.82) is 0 Å². The average Bonchev–Trinajstić information content (AvgIpc) is 2.27. The van der Waals surface area contributed by atoms with Crippen molar-refractivity contribution in [2.24, 2.45) is 5.41 Å². The van der Waals surface area contributed by atoms with Crippen molar-refractivity contribution in [2.45, 2.75) is 32.6 Å². The predicted octanol–water partition coefficient (Wildman–Crippen LogP) is 1.23. The molecule has 18 heavy (non-hydrogen) atoms. The lowest BCUT2D eigenvalue weighted by molar-refractivity contribution is 0.407. The summed E-state index contributed by atoms with van der Waals surface area (Å²) in [5, 5.41) is 2.90. The lowest BCUT2D eigenvalue weighted by Crippen LogP contribution is -2.32. The van der Waals surface area contributed by atoms with Gasteiger partial charge in [-0.05, 0) is 12.3 Å². The van der Waals surface area contributed by atoms with Crippen molar-refractivity contribution in [3.63, 3.8) is 0 Å². The molecule has 0 bridgehead atoms. The van der Waals surface area contributed by atoms with Crippen LogP contribution in [0.25, 0.3) is 0 Å². The first-order valence-corrected chi connectivity index (χ1v) is 7.28. The van der Waals surface area contributed by atoms with E-state index in [1.807, 2.05) is 27.7 Å². The second kappa shape index (κ2) is 5.62. The van der Waals surface area contributed by atoms with E-state index < -0.39 is 10.0 Å². The Kier molecular flexibility index (Phi) is 4.64. The third-order valence-electron chi connectivity index (χ3n) is 2.07. The summed E-state index contributed by atoms with van der Waals surface area (Å²) < 4.78 is 26.4. The van der Waals surface area contributed by atoms with Crippen LogP contribution in [-0.2, 0) is 10.0 Å². The molecule has 0 saturated carbocycles. The van der Waals surface area contributed by atoms with Crippen molar-refractivity contribution < 1.29 is 8.42 Å². The molecule has 0 radical (unpaired) electrons. The largest absolute Gasteiger partial charge is 0.355 e. The van der Waals surface area contributed by atoms with Crippen LogP contribution in [0.4, 0.5) is 5.95 Å². The van der Waals surface area contributed by atoms with Crippen molar-refractivity contribution in [3.05, 3.63) is 12.4 Å². The molecule has 0 unspecified atom stereocenters. The third-order valence-corrected chi connectivity index (χ3v) is 3.42. The molecule has 0 fully saturated rings. The molecule has 0 aliphatic carbocycles. The molecule has 2 N–H and O–H groups in total. The fraction of sp³-hybridized carbons (Fsp3) is 0.636. The van der Waals surface area contributed by atoms with Crippen molar-refractivity contribution in [3.8, 4) is 0 Å². The highest BCUT2D eigenvalue weighted by Gasteiger charge is 2.19. The van der Waals surface area contributed by atoms with Crippen LogP contribution >= 0.6 is 0 Å². The topological polar surface area (TPSA) is 84.0 Å². The highest BCUT2D eigenvalue weighted by atomic mass is 32.2. The van der Waals surface area contributed by atoms with E-state index in [0.717, 1.165) is 0 Å². The molecule has 1 aromatic heterocycles. The van der Waals surface area contributed by atoms with E-state index in [0.29, 0.717) is 19.0 Å². The summed E-state index contributed by atoms with van der Waals surface area (Å²) >= 11 is 0. The monoisotopic (exact) mass is 272 g/mol. The first-order valence-electron chi connectivity index (χ1n) is 5.80. The zero-order valence-electron chi connectivity index (χ0n) is 11.2. The molecule has 0 aliphatic heterocycles. The first kappa shape index (κ1) is 14.8. The highest BCUT2D eigenvalue weighted by molar-refractivity contribution is 7.89. The van der Waals surface area contributed by atoms with Crippen LogP contribution in [0.2, 0.25) is 0 Å². The smallest absolute Gasteiger partial charge is 0.243 e. The SMILES string of the molecule is CCNc1ncc(S(=O)(=O)NCC(C)(C)C)cn1. The Morgan fingerprint density at radius 2 is 1.78 bits per heavy atom. The van der Waals surface area contributed by atoms with Gasteiger partial charge in [0.2, 0.25) is 16.0 Å². The van der Waals surface area contributed by atoms with E-state index in [1.54, 1.807) is 0 Å². The maximum atomic E-state index is 11.9. The molecule has 1 rings (SSSR count). The maximum Gasteiger partial charge on any atom is 0.243 e. The van der Waals surface area contributed by atoms with Gasteiger partial charge in [0.15, 0.2) is 0 Å². The summed E-state index contributed by atoms with van der Waals surface area (Å²) in [5.74, 6) is 0.423. The fourth-order valence-electron chi connectivity index (χ4n) is 1.10. The van der Waals surface area contributed by atoms with E-state index in [2.05, 4.69) is 20.0 Å². The molecule has 1 heterocycles. The van der Waals surface area contributed by atoms with Gasteiger partial charge in [0.25, 0.3) is 0 Å². The normalized spacial score (nSPS) is 12.4. The number of anilines is 1. The summed E-state index contributed by atoms with van der Waals surface area (Å²) in [7, 11) is -3.53. The van der Waals surface area contributed by atoms with Crippen molar-refractivity contribution in [2.75, 3.05) is 18.4 Å². The molecule has 0 saturated heterocycles. The Hall–Kier alpha value is -1.21. The van der Waals surface area contributed by atoms with Gasteiger partial charge < -0.3 is 5.32 Å². The van der Waals surface area contributed by atoms with Gasteiger partial charge >= 0.3 is 0 Å². The minimum atomic E-state index is -3.53. The number of nitrogens with one attached hydrogen (secondary N) is 2. The van der Waals surface area contributed by atoms with E-state index in [1.165, 1.54) is 12.4 Å².